The molecule has 1 aliphatic carbocycles. The van der Waals surface area contributed by atoms with Crippen molar-refractivity contribution in [3.05, 3.63) is 125 Å². The number of nitrogens with zero attached hydrogens (tertiary/aromatic N) is 4. The van der Waals surface area contributed by atoms with E-state index in [4.69, 9.17) is 14.7 Å². The van der Waals surface area contributed by atoms with Crippen LogP contribution in [-0.2, 0) is 42.9 Å². The third-order valence-electron chi connectivity index (χ3n) is 8.26. The molecule has 3 heterocycles. The SMILES string of the molecule is COC(=O)c1ccc2nc(CN(Cc3ccc(CNCc4ccccn4)cc3)[C@]3(C)CCCc4cccnc43)[nH]c2c1. The number of nitrogens with one attached hydrogen (secondary N) is 2. The highest BCUT2D eigenvalue weighted by molar-refractivity contribution is 5.93. The molecule has 3 aromatic heterocycles. The second-order valence-corrected chi connectivity index (χ2v) is 11.1. The van der Waals surface area contributed by atoms with Gasteiger partial charge in [-0.15, -0.1) is 0 Å². The van der Waals surface area contributed by atoms with Crippen LogP contribution < -0.4 is 5.32 Å². The van der Waals surface area contributed by atoms with Crippen molar-refractivity contribution in [3.8, 4) is 0 Å². The first-order chi connectivity index (χ1) is 20.5. The number of pyridine rings is 2. The minimum Gasteiger partial charge on any atom is -0.465 e. The zero-order chi connectivity index (χ0) is 28.9. The Kier molecular flexibility index (Phi) is 8.08. The average Bonchev–Trinajstić information content (AvgIpc) is 3.44. The highest BCUT2D eigenvalue weighted by Crippen LogP contribution is 2.40. The van der Waals surface area contributed by atoms with Crippen molar-refractivity contribution in [2.75, 3.05) is 7.11 Å². The Bertz CT molecular complexity index is 1670. The van der Waals surface area contributed by atoms with Gasteiger partial charge in [-0.25, -0.2) is 9.78 Å². The van der Waals surface area contributed by atoms with E-state index in [9.17, 15) is 4.79 Å². The predicted octanol–water partition coefficient (Wildman–Crippen LogP) is 5.68. The Hall–Kier alpha value is -4.40. The Balaban J connectivity index is 1.24. The zero-order valence-electron chi connectivity index (χ0n) is 24.1. The van der Waals surface area contributed by atoms with Gasteiger partial charge in [0.25, 0.3) is 0 Å². The van der Waals surface area contributed by atoms with Crippen LogP contribution in [0.3, 0.4) is 0 Å². The average molecular weight is 561 g/mol. The van der Waals surface area contributed by atoms with E-state index in [-0.39, 0.29) is 11.5 Å². The minimum absolute atomic E-state index is 0.256. The van der Waals surface area contributed by atoms with Crippen molar-refractivity contribution in [2.45, 2.75) is 57.9 Å². The molecule has 1 aliphatic rings. The lowest BCUT2D eigenvalue weighted by atomic mass is 9.79. The number of hydrogen-bond donors (Lipinski definition) is 2. The summed E-state index contributed by atoms with van der Waals surface area (Å²) in [6, 6.07) is 24.5. The Morgan fingerprint density at radius 3 is 2.62 bits per heavy atom. The van der Waals surface area contributed by atoms with Gasteiger partial charge in [-0.3, -0.25) is 14.9 Å². The number of aromatic amines is 1. The second kappa shape index (κ2) is 12.2. The number of aromatic nitrogens is 4. The van der Waals surface area contributed by atoms with Crippen LogP contribution in [0.4, 0.5) is 0 Å². The number of ether oxygens (including phenoxy) is 1. The van der Waals surface area contributed by atoms with Gasteiger partial charge in [0.15, 0.2) is 0 Å². The molecule has 0 fully saturated rings. The fraction of sp³-hybridized carbons (Fsp3) is 0.294. The van der Waals surface area contributed by atoms with Gasteiger partial charge < -0.3 is 15.0 Å². The van der Waals surface area contributed by atoms with Gasteiger partial charge in [-0.2, -0.15) is 0 Å². The van der Waals surface area contributed by atoms with E-state index in [2.05, 4.69) is 57.4 Å². The molecule has 2 N–H and O–H groups in total. The first-order valence-corrected chi connectivity index (χ1v) is 14.5. The van der Waals surface area contributed by atoms with E-state index < -0.39 is 0 Å². The highest BCUT2D eigenvalue weighted by atomic mass is 16.5. The van der Waals surface area contributed by atoms with Crippen LogP contribution in [0.1, 0.15) is 64.0 Å². The molecular formula is C34H36N6O2. The lowest BCUT2D eigenvalue weighted by molar-refractivity contribution is 0.0601. The van der Waals surface area contributed by atoms with Gasteiger partial charge in [0.1, 0.15) is 5.82 Å². The molecule has 42 heavy (non-hydrogen) atoms. The van der Waals surface area contributed by atoms with Crippen LogP contribution in [-0.4, -0.2) is 37.9 Å². The van der Waals surface area contributed by atoms with E-state index in [0.29, 0.717) is 12.1 Å². The largest absolute Gasteiger partial charge is 0.465 e. The monoisotopic (exact) mass is 560 g/mol. The minimum atomic E-state index is -0.359. The Labute approximate surface area is 246 Å². The molecule has 6 rings (SSSR count). The maximum atomic E-state index is 12.1. The maximum Gasteiger partial charge on any atom is 0.337 e. The molecule has 0 spiro atoms. The summed E-state index contributed by atoms with van der Waals surface area (Å²) in [4.78, 5) is 32.2. The molecule has 5 aromatic rings. The predicted molar refractivity (Wildman–Crippen MR) is 162 cm³/mol. The summed E-state index contributed by atoms with van der Waals surface area (Å²) in [7, 11) is 1.39. The molecule has 8 heteroatoms. The summed E-state index contributed by atoms with van der Waals surface area (Å²) in [5.74, 6) is 0.495. The fourth-order valence-electron chi connectivity index (χ4n) is 5.96. The second-order valence-electron chi connectivity index (χ2n) is 11.1. The van der Waals surface area contributed by atoms with Crippen molar-refractivity contribution in [3.63, 3.8) is 0 Å². The summed E-state index contributed by atoms with van der Waals surface area (Å²) in [6.07, 6.45) is 6.90. The third-order valence-corrected chi connectivity index (χ3v) is 8.26. The molecule has 8 nitrogen and oxygen atoms in total. The smallest absolute Gasteiger partial charge is 0.337 e. The summed E-state index contributed by atoms with van der Waals surface area (Å²) < 4.78 is 4.90. The standard InChI is InChI=1S/C34H36N6O2/c1-34(16-5-7-26-8-6-18-37-32(26)34)40(23-31-38-29-15-14-27(33(41)42-2)19-30(29)39-31)22-25-12-10-24(11-13-25)20-35-21-28-9-3-4-17-36-28/h3-4,6,8-15,17-19,35H,5,7,16,20-23H2,1-2H3,(H,38,39)/t34-/m1/s1. The van der Waals surface area contributed by atoms with Gasteiger partial charge in [0, 0.05) is 32.0 Å². The van der Waals surface area contributed by atoms with Gasteiger partial charge in [0.05, 0.1) is 47.2 Å². The molecule has 0 saturated carbocycles. The van der Waals surface area contributed by atoms with E-state index >= 15 is 0 Å². The summed E-state index contributed by atoms with van der Waals surface area (Å²) in [6.45, 7) is 5.19. The Morgan fingerprint density at radius 2 is 1.81 bits per heavy atom. The van der Waals surface area contributed by atoms with Crippen LogP contribution in [0.2, 0.25) is 0 Å². The van der Waals surface area contributed by atoms with Crippen molar-refractivity contribution in [1.82, 2.24) is 30.2 Å². The number of carbonyl (C=O) groups excluding carboxylic acids is 1. The molecule has 0 saturated heterocycles. The molecule has 0 radical (unpaired) electrons. The Morgan fingerprint density at radius 1 is 0.976 bits per heavy atom. The number of carbonyl (C=O) groups is 1. The zero-order valence-corrected chi connectivity index (χ0v) is 24.1. The molecule has 1 atom stereocenters. The van der Waals surface area contributed by atoms with Crippen molar-refractivity contribution in [2.24, 2.45) is 0 Å². The number of hydrogen-bond acceptors (Lipinski definition) is 7. The molecule has 0 amide bonds. The van der Waals surface area contributed by atoms with E-state index in [0.717, 1.165) is 67.1 Å². The first-order valence-electron chi connectivity index (χ1n) is 14.5. The number of aryl methyl sites for hydroxylation is 1. The summed E-state index contributed by atoms with van der Waals surface area (Å²) >= 11 is 0. The lowest BCUT2D eigenvalue weighted by Crippen LogP contribution is -2.46. The topological polar surface area (TPSA) is 96.0 Å². The number of esters is 1. The van der Waals surface area contributed by atoms with E-state index in [1.807, 2.05) is 48.8 Å². The third kappa shape index (κ3) is 5.95. The number of imidazole rings is 1. The van der Waals surface area contributed by atoms with Crippen molar-refractivity contribution >= 4 is 17.0 Å². The summed E-state index contributed by atoms with van der Waals surface area (Å²) in [5.41, 5.74) is 7.86. The molecular weight excluding hydrogens is 524 g/mol. The van der Waals surface area contributed by atoms with E-state index in [1.54, 1.807) is 6.07 Å². The van der Waals surface area contributed by atoms with Crippen LogP contribution in [0.15, 0.2) is 85.2 Å². The van der Waals surface area contributed by atoms with Crippen LogP contribution in [0, 0.1) is 0 Å². The molecule has 0 bridgehead atoms. The van der Waals surface area contributed by atoms with Gasteiger partial charge in [0.2, 0.25) is 0 Å². The molecule has 0 unspecified atom stereocenters. The molecule has 214 valence electrons. The number of rotatable bonds is 10. The highest BCUT2D eigenvalue weighted by Gasteiger charge is 2.39. The van der Waals surface area contributed by atoms with Gasteiger partial charge >= 0.3 is 5.97 Å². The normalized spacial score (nSPS) is 16.5. The number of H-pyrrole nitrogens is 1. The number of fused-ring (bicyclic) bond motifs is 2. The van der Waals surface area contributed by atoms with Crippen LogP contribution >= 0.6 is 0 Å². The van der Waals surface area contributed by atoms with Crippen LogP contribution in [0.5, 0.6) is 0 Å². The van der Waals surface area contributed by atoms with Crippen molar-refractivity contribution < 1.29 is 9.53 Å². The lowest BCUT2D eigenvalue weighted by Gasteiger charge is -2.44. The summed E-state index contributed by atoms with van der Waals surface area (Å²) in [5, 5.41) is 3.48. The van der Waals surface area contributed by atoms with Gasteiger partial charge in [-0.05, 0) is 79.3 Å². The maximum absolute atomic E-state index is 12.1. The fourth-order valence-corrected chi connectivity index (χ4v) is 5.96. The quantitative estimate of drug-likeness (QED) is 0.212. The molecule has 2 aromatic carbocycles. The first kappa shape index (κ1) is 27.8. The van der Waals surface area contributed by atoms with E-state index in [1.165, 1.54) is 23.8 Å². The number of methoxy groups -OCH3 is 1. The molecule has 0 aliphatic heterocycles. The van der Waals surface area contributed by atoms with Crippen LogP contribution in [0.25, 0.3) is 11.0 Å². The van der Waals surface area contributed by atoms with Crippen molar-refractivity contribution in [1.29, 1.82) is 0 Å². The number of benzene rings is 2. The van der Waals surface area contributed by atoms with Gasteiger partial charge in [-0.1, -0.05) is 36.4 Å².